The van der Waals surface area contributed by atoms with Crippen molar-refractivity contribution in [3.8, 4) is 5.75 Å². The van der Waals surface area contributed by atoms with Gasteiger partial charge in [0, 0.05) is 17.2 Å². The lowest BCUT2D eigenvalue weighted by Gasteiger charge is -2.40. The van der Waals surface area contributed by atoms with Gasteiger partial charge in [0.1, 0.15) is 21.5 Å². The van der Waals surface area contributed by atoms with Gasteiger partial charge in [-0.2, -0.15) is 4.63 Å². The van der Waals surface area contributed by atoms with Crippen molar-refractivity contribution >= 4 is 67.2 Å². The number of sulfone groups is 1. The number of nitrogens with zero attached hydrogens (tertiary/aromatic N) is 6. The highest BCUT2D eigenvalue weighted by atomic mass is 35.5. The van der Waals surface area contributed by atoms with Crippen molar-refractivity contribution in [2.24, 2.45) is 0 Å². The minimum absolute atomic E-state index is 0.183. The summed E-state index contributed by atoms with van der Waals surface area (Å²) in [6.07, 6.45) is 7.88. The molecule has 56 heavy (non-hydrogen) atoms. The van der Waals surface area contributed by atoms with Crippen LogP contribution in [0.15, 0.2) is 37.4 Å². The maximum absolute atomic E-state index is 13.0. The number of ether oxygens (including phenoxy) is 1. The van der Waals surface area contributed by atoms with E-state index in [9.17, 15) is 17.4 Å². The monoisotopic (exact) mass is 856 g/mol. The molecule has 0 aliphatic heterocycles. The number of rotatable bonds is 18. The third-order valence-corrected chi connectivity index (χ3v) is 11.5. The zero-order valence-electron chi connectivity index (χ0n) is 33.3. The number of hydrogen-bond acceptors (Lipinski definition) is 10. The Hall–Kier alpha value is -3.97. The quantitative estimate of drug-likeness (QED) is 0.0525. The number of aromatic nitrogens is 8. The van der Waals surface area contributed by atoms with Crippen molar-refractivity contribution in [2.45, 2.75) is 104 Å². The lowest BCUT2D eigenvalue weighted by Crippen LogP contribution is -2.57. The Bertz CT molecular complexity index is 2190. The molecule has 5 aromatic rings. The van der Waals surface area contributed by atoms with Crippen LogP contribution in [0, 0.1) is 13.8 Å². The van der Waals surface area contributed by atoms with Gasteiger partial charge in [0.25, 0.3) is 17.2 Å². The largest absolute Gasteiger partial charge is 0.482 e. The van der Waals surface area contributed by atoms with E-state index < -0.39 is 32.1 Å². The molecule has 310 valence electrons. The second-order valence-corrected chi connectivity index (χ2v) is 17.9. The lowest BCUT2D eigenvalue weighted by atomic mass is 9.73. The molecule has 0 saturated heterocycles. The first-order valence-corrected chi connectivity index (χ1v) is 22.0. The molecule has 0 aliphatic carbocycles. The van der Waals surface area contributed by atoms with Crippen LogP contribution in [0.3, 0.4) is 0 Å². The standard InChI is InChI=1S/C27H41ClN6O4S.C7H9ClN4O2S.C2H4/c1-7-8-9-10-11-14-17-38-39(36)33-20-15-12-13-16-21(20)37-18-22(35)29-27(5,6)26(3,4)25-31-30-24-23(28)19(2)32-34(24)25;1-4-6(8)7-9-5(3-15(2,13)14)11-12(7)10-4;1-2/h12-13,15-16,32-33H,7-11,14,17-18H2,1-6H3,(H,29,35);10H,3H2,1-2H3;1-2H2. The average Bonchev–Trinajstić information content (AvgIpc) is 3.86. The van der Waals surface area contributed by atoms with E-state index in [4.69, 9.17) is 32.1 Å². The molecule has 16 nitrogen and oxygen atoms in total. The number of hydrogen-bond donors (Lipinski definition) is 4. The summed E-state index contributed by atoms with van der Waals surface area (Å²) in [7, 11) is -3.12. The van der Waals surface area contributed by atoms with Crippen LogP contribution in [-0.4, -0.2) is 83.2 Å². The molecule has 1 aromatic carbocycles. The fourth-order valence-corrected chi connectivity index (χ4v) is 6.94. The highest BCUT2D eigenvalue weighted by Gasteiger charge is 2.43. The Kier molecular flexibility index (Phi) is 16.9. The minimum atomic E-state index is -3.12. The predicted octanol–water partition coefficient (Wildman–Crippen LogP) is 7.00. The normalized spacial score (nSPS) is 12.5. The first-order chi connectivity index (χ1) is 26.3. The number of benzene rings is 1. The molecular formula is C36H54Cl2N10O6S2. The van der Waals surface area contributed by atoms with Gasteiger partial charge >= 0.3 is 0 Å². The zero-order chi connectivity index (χ0) is 41.8. The number of aryl methyl sites for hydroxylation is 2. The van der Waals surface area contributed by atoms with Crippen molar-refractivity contribution in [1.82, 2.24) is 44.9 Å². The van der Waals surface area contributed by atoms with Crippen LogP contribution in [0.4, 0.5) is 5.69 Å². The molecule has 0 saturated carbocycles. The maximum atomic E-state index is 13.0. The summed E-state index contributed by atoms with van der Waals surface area (Å²) < 4.78 is 51.6. The molecule has 20 heteroatoms. The molecular weight excluding hydrogens is 803 g/mol. The summed E-state index contributed by atoms with van der Waals surface area (Å²) in [6.45, 7) is 19.8. The lowest BCUT2D eigenvalue weighted by molar-refractivity contribution is -0.125. The summed E-state index contributed by atoms with van der Waals surface area (Å²) >= 11 is 10.5. The summed E-state index contributed by atoms with van der Waals surface area (Å²) in [5.41, 5.74) is 1.65. The summed E-state index contributed by atoms with van der Waals surface area (Å²) in [5, 5.41) is 22.6. The third kappa shape index (κ3) is 12.3. The third-order valence-electron chi connectivity index (χ3n) is 9.01. The molecule has 0 spiro atoms. The van der Waals surface area contributed by atoms with Gasteiger partial charge in [-0.15, -0.1) is 28.5 Å². The van der Waals surface area contributed by atoms with Gasteiger partial charge in [-0.25, -0.2) is 22.1 Å². The number of amides is 1. The number of anilines is 1. The van der Waals surface area contributed by atoms with Gasteiger partial charge in [0.05, 0.1) is 23.7 Å². The van der Waals surface area contributed by atoms with Crippen molar-refractivity contribution in [1.29, 1.82) is 0 Å². The number of carbonyl (C=O) groups excluding carboxylic acids is 1. The van der Waals surface area contributed by atoms with Gasteiger partial charge in [-0.1, -0.05) is 88.2 Å². The van der Waals surface area contributed by atoms with Crippen LogP contribution < -0.4 is 14.8 Å². The second-order valence-electron chi connectivity index (χ2n) is 14.1. The fourth-order valence-electron chi connectivity index (χ4n) is 5.34. The number of aromatic amines is 2. The summed E-state index contributed by atoms with van der Waals surface area (Å²) in [5.74, 6) is 0.779. The smallest absolute Gasteiger partial charge is 0.261 e. The molecule has 1 unspecified atom stereocenters. The van der Waals surface area contributed by atoms with E-state index >= 15 is 0 Å². The van der Waals surface area contributed by atoms with Crippen molar-refractivity contribution < 1.29 is 26.3 Å². The van der Waals surface area contributed by atoms with E-state index in [0.717, 1.165) is 36.9 Å². The van der Waals surface area contributed by atoms with Crippen LogP contribution in [-0.2, 0) is 41.2 Å². The number of H-pyrrole nitrogens is 2. The van der Waals surface area contributed by atoms with Gasteiger partial charge in [0.15, 0.2) is 39.4 Å². The number of carbonyl (C=O) groups is 1. The van der Waals surface area contributed by atoms with E-state index in [2.05, 4.69) is 60.6 Å². The van der Waals surface area contributed by atoms with Crippen LogP contribution in [0.2, 0.25) is 10.0 Å². The molecule has 0 aliphatic rings. The molecule has 4 N–H and O–H groups in total. The Morgan fingerprint density at radius 1 is 0.964 bits per heavy atom. The van der Waals surface area contributed by atoms with Crippen LogP contribution in [0.5, 0.6) is 5.75 Å². The molecule has 5 rings (SSSR count). The molecule has 4 aromatic heterocycles. The highest BCUT2D eigenvalue weighted by molar-refractivity contribution is 7.89. The van der Waals surface area contributed by atoms with E-state index in [-0.39, 0.29) is 24.1 Å². The van der Waals surface area contributed by atoms with Crippen LogP contribution >= 0.6 is 23.2 Å². The number of halogens is 2. The van der Waals surface area contributed by atoms with Gasteiger partial charge in [-0.3, -0.25) is 23.9 Å². The van der Waals surface area contributed by atoms with Crippen molar-refractivity contribution in [2.75, 3.05) is 24.2 Å². The van der Waals surface area contributed by atoms with E-state index in [1.54, 1.807) is 35.7 Å². The summed E-state index contributed by atoms with van der Waals surface area (Å²) in [6, 6.07) is 7.01. The highest BCUT2D eigenvalue weighted by Crippen LogP contribution is 2.35. The van der Waals surface area contributed by atoms with Crippen LogP contribution in [0.25, 0.3) is 11.3 Å². The number of para-hydroxylation sites is 2. The zero-order valence-corrected chi connectivity index (χ0v) is 36.4. The fraction of sp³-hybridized carbons (Fsp3) is 0.528. The second kappa shape index (κ2) is 20.5. The Balaban J connectivity index is 0.000000409. The number of nitrogens with one attached hydrogen (secondary N) is 4. The SMILES string of the molecule is C=C.CCCCCCCCOS(=O)Nc1ccccc1OCC(=O)NC(C)(C)C(C)(C)c1nnc2c(Cl)c(C)[nH]n12.Cc1[nH]n2nc(CS(C)(=O)=O)nc2c1Cl. The Morgan fingerprint density at radius 3 is 2.25 bits per heavy atom. The molecule has 0 radical (unpaired) electrons. The van der Waals surface area contributed by atoms with Gasteiger partial charge < -0.3 is 10.1 Å². The van der Waals surface area contributed by atoms with E-state index in [0.29, 0.717) is 45.2 Å². The molecule has 0 bridgehead atoms. The Labute approximate surface area is 341 Å². The minimum Gasteiger partial charge on any atom is -0.482 e. The predicted molar refractivity (Wildman–Crippen MR) is 222 cm³/mol. The van der Waals surface area contributed by atoms with E-state index in [1.165, 1.54) is 23.9 Å². The van der Waals surface area contributed by atoms with Gasteiger partial charge in [-0.05, 0) is 46.2 Å². The number of unbranched alkanes of at least 4 members (excludes halogenated alkanes) is 5. The molecule has 0 fully saturated rings. The van der Waals surface area contributed by atoms with E-state index in [1.807, 2.05) is 34.6 Å². The average molecular weight is 858 g/mol. The van der Waals surface area contributed by atoms with Crippen LogP contribution in [0.1, 0.15) is 96.2 Å². The maximum Gasteiger partial charge on any atom is 0.261 e. The Morgan fingerprint density at radius 2 is 1.59 bits per heavy atom. The van der Waals surface area contributed by atoms with Crippen molar-refractivity contribution in [3.63, 3.8) is 0 Å². The molecule has 1 amide bonds. The number of fused-ring (bicyclic) bond motifs is 2. The molecule has 1 atom stereocenters. The first kappa shape index (κ1) is 46.4. The first-order valence-electron chi connectivity index (χ1n) is 18.1. The topological polar surface area (TPSA) is 203 Å². The molecule has 4 heterocycles. The van der Waals surface area contributed by atoms with Crippen molar-refractivity contribution in [3.05, 3.63) is 70.5 Å². The summed E-state index contributed by atoms with van der Waals surface area (Å²) in [4.78, 5) is 17.0. The van der Waals surface area contributed by atoms with Gasteiger partial charge in [0.2, 0.25) is 0 Å².